The number of rotatable bonds is 3. The second-order valence-electron chi connectivity index (χ2n) is 6.79. The summed E-state index contributed by atoms with van der Waals surface area (Å²) in [6, 6.07) is 0. The highest BCUT2D eigenvalue weighted by Crippen LogP contribution is 2.76. The number of ether oxygens (including phenoxy) is 1. The van der Waals surface area contributed by atoms with Crippen LogP contribution in [0.1, 0.15) is 13.8 Å². The van der Waals surface area contributed by atoms with Crippen LogP contribution in [-0.4, -0.2) is 21.3 Å². The molecule has 1 nitrogen and oxygen atoms in total. The predicted molar refractivity (Wildman–Crippen MR) is 72.1 cm³/mol. The quantitative estimate of drug-likeness (QED) is 0.537. The number of fused-ring (bicyclic) bond motifs is 1. The van der Waals surface area contributed by atoms with Gasteiger partial charge in [-0.1, -0.05) is 43.9 Å². The van der Waals surface area contributed by atoms with Crippen LogP contribution >= 0.6 is 0 Å². The summed E-state index contributed by atoms with van der Waals surface area (Å²) in [5.74, 6) is 0.626. The largest absolute Gasteiger partial charge is 0.380 e. The van der Waals surface area contributed by atoms with E-state index >= 15 is 0 Å². The molecule has 0 radical (unpaired) electrons. The molecule has 1 aliphatic heterocycles. The zero-order valence-electron chi connectivity index (χ0n) is 11.3. The van der Waals surface area contributed by atoms with Crippen LogP contribution in [0.2, 0.25) is 19.6 Å². The lowest BCUT2D eigenvalue weighted by molar-refractivity contribution is 0.132. The first-order valence-electron chi connectivity index (χ1n) is 6.18. The normalized spacial score (nSPS) is 43.1. The number of hydrogen-bond donors (Lipinski definition) is 0. The summed E-state index contributed by atoms with van der Waals surface area (Å²) >= 11 is 0. The highest BCUT2D eigenvalue weighted by Gasteiger charge is 2.76. The third kappa shape index (κ3) is 1.39. The Bertz CT molecular complexity index is 352. The second kappa shape index (κ2) is 3.33. The first kappa shape index (κ1) is 12.1. The molecule has 2 aliphatic rings. The lowest BCUT2D eigenvalue weighted by Crippen LogP contribution is -2.21. The van der Waals surface area contributed by atoms with Gasteiger partial charge in [-0.3, -0.25) is 0 Å². The molecular formula is C14H24OSi. The lowest BCUT2D eigenvalue weighted by atomic mass is 9.91. The SMILES string of the molecule is C=C[C@@H]1[C@@]2(C)COC[C@@]12/C(C)=C/[Si](C)(C)C. The summed E-state index contributed by atoms with van der Waals surface area (Å²) in [6.45, 7) is 17.6. The molecule has 0 aromatic carbocycles. The standard InChI is InChI=1S/C14H24OSi/c1-7-12-13(3)9-15-10-14(12,13)11(2)8-16(4,5)6/h7-8,12H,1,9-10H2,2-6H3/b11-8+/t12-,13-,14-/m1/s1. The van der Waals surface area contributed by atoms with Crippen LogP contribution in [-0.2, 0) is 4.74 Å². The molecule has 3 atom stereocenters. The van der Waals surface area contributed by atoms with Crippen LogP contribution in [0, 0.1) is 16.7 Å². The van der Waals surface area contributed by atoms with E-state index in [1.807, 2.05) is 0 Å². The van der Waals surface area contributed by atoms with Crippen molar-refractivity contribution >= 4 is 8.07 Å². The maximum absolute atomic E-state index is 5.71. The molecule has 2 rings (SSSR count). The van der Waals surface area contributed by atoms with Crippen molar-refractivity contribution in [3.05, 3.63) is 23.9 Å². The Labute approximate surface area is 101 Å². The minimum Gasteiger partial charge on any atom is -0.380 e. The topological polar surface area (TPSA) is 9.23 Å². The average Bonchev–Trinajstić information content (AvgIpc) is 2.43. The van der Waals surface area contributed by atoms with Gasteiger partial charge in [0.15, 0.2) is 0 Å². The van der Waals surface area contributed by atoms with Crippen molar-refractivity contribution < 1.29 is 4.74 Å². The Morgan fingerprint density at radius 2 is 2.00 bits per heavy atom. The van der Waals surface area contributed by atoms with Gasteiger partial charge in [-0.05, 0) is 12.8 Å². The third-order valence-electron chi connectivity index (χ3n) is 4.47. The first-order chi connectivity index (χ1) is 7.28. The van der Waals surface area contributed by atoms with E-state index in [9.17, 15) is 0 Å². The van der Waals surface area contributed by atoms with Gasteiger partial charge in [0.05, 0.1) is 21.3 Å². The molecule has 0 N–H and O–H groups in total. The molecule has 0 aromatic rings. The molecule has 90 valence electrons. The van der Waals surface area contributed by atoms with Crippen LogP contribution in [0.5, 0.6) is 0 Å². The maximum Gasteiger partial charge on any atom is 0.0686 e. The zero-order valence-corrected chi connectivity index (χ0v) is 12.3. The fourth-order valence-electron chi connectivity index (χ4n) is 3.75. The van der Waals surface area contributed by atoms with Gasteiger partial charge in [-0.15, -0.1) is 6.58 Å². The molecule has 0 spiro atoms. The van der Waals surface area contributed by atoms with Gasteiger partial charge in [0.2, 0.25) is 0 Å². The third-order valence-corrected chi connectivity index (χ3v) is 5.77. The second-order valence-corrected chi connectivity index (χ2v) is 11.8. The van der Waals surface area contributed by atoms with Gasteiger partial charge in [0, 0.05) is 10.8 Å². The van der Waals surface area contributed by atoms with E-state index in [4.69, 9.17) is 4.74 Å². The van der Waals surface area contributed by atoms with Crippen molar-refractivity contribution in [1.82, 2.24) is 0 Å². The molecule has 0 bridgehead atoms. The van der Waals surface area contributed by atoms with E-state index in [2.05, 4.69) is 51.8 Å². The van der Waals surface area contributed by atoms with E-state index < -0.39 is 8.07 Å². The molecule has 1 saturated heterocycles. The van der Waals surface area contributed by atoms with Gasteiger partial charge in [0.1, 0.15) is 0 Å². The molecule has 0 unspecified atom stereocenters. The molecule has 1 heterocycles. The summed E-state index contributed by atoms with van der Waals surface area (Å²) in [4.78, 5) is 0. The van der Waals surface area contributed by atoms with E-state index in [0.717, 1.165) is 13.2 Å². The predicted octanol–water partition coefficient (Wildman–Crippen LogP) is 3.65. The van der Waals surface area contributed by atoms with E-state index in [-0.39, 0.29) is 5.41 Å². The maximum atomic E-state index is 5.71. The van der Waals surface area contributed by atoms with Gasteiger partial charge < -0.3 is 4.74 Å². The molecule has 2 heteroatoms. The molecule has 2 fully saturated rings. The molecule has 0 amide bonds. The Hall–Kier alpha value is -0.343. The summed E-state index contributed by atoms with van der Waals surface area (Å²) < 4.78 is 5.71. The molecule has 0 aromatic heterocycles. The molecular weight excluding hydrogens is 212 g/mol. The number of hydrogen-bond acceptors (Lipinski definition) is 1. The van der Waals surface area contributed by atoms with Crippen LogP contribution in [0.4, 0.5) is 0 Å². The monoisotopic (exact) mass is 236 g/mol. The molecule has 16 heavy (non-hydrogen) atoms. The smallest absolute Gasteiger partial charge is 0.0686 e. The minimum atomic E-state index is -1.14. The van der Waals surface area contributed by atoms with Gasteiger partial charge in [-0.25, -0.2) is 0 Å². The molecule has 1 aliphatic carbocycles. The summed E-state index contributed by atoms with van der Waals surface area (Å²) in [7, 11) is -1.14. The Morgan fingerprint density at radius 3 is 2.44 bits per heavy atom. The number of allylic oxidation sites excluding steroid dienone is 1. The van der Waals surface area contributed by atoms with Gasteiger partial charge >= 0.3 is 0 Å². The Kier molecular flexibility index (Phi) is 2.52. The van der Waals surface area contributed by atoms with Crippen molar-refractivity contribution in [3.8, 4) is 0 Å². The zero-order chi connectivity index (χ0) is 12.2. The van der Waals surface area contributed by atoms with E-state index in [1.54, 1.807) is 5.57 Å². The Morgan fingerprint density at radius 1 is 1.38 bits per heavy atom. The van der Waals surface area contributed by atoms with E-state index in [0.29, 0.717) is 11.3 Å². The van der Waals surface area contributed by atoms with Crippen LogP contribution in [0.15, 0.2) is 23.9 Å². The fourth-order valence-corrected chi connectivity index (χ4v) is 5.30. The first-order valence-corrected chi connectivity index (χ1v) is 9.76. The molecule has 1 saturated carbocycles. The highest BCUT2D eigenvalue weighted by molar-refractivity contribution is 6.81. The summed E-state index contributed by atoms with van der Waals surface area (Å²) in [6.07, 6.45) is 2.14. The van der Waals surface area contributed by atoms with Crippen molar-refractivity contribution in [2.75, 3.05) is 13.2 Å². The highest BCUT2D eigenvalue weighted by atomic mass is 28.3. The van der Waals surface area contributed by atoms with Crippen molar-refractivity contribution in [2.24, 2.45) is 16.7 Å². The van der Waals surface area contributed by atoms with Crippen molar-refractivity contribution in [1.29, 1.82) is 0 Å². The summed E-state index contributed by atoms with van der Waals surface area (Å²) in [5.41, 5.74) is 4.71. The average molecular weight is 236 g/mol. The van der Waals surface area contributed by atoms with Gasteiger partial charge in [0.25, 0.3) is 0 Å². The fraction of sp³-hybridized carbons (Fsp3) is 0.714. The van der Waals surface area contributed by atoms with Gasteiger partial charge in [-0.2, -0.15) is 0 Å². The van der Waals surface area contributed by atoms with Crippen LogP contribution in [0.25, 0.3) is 0 Å². The summed E-state index contributed by atoms with van der Waals surface area (Å²) in [5, 5.41) is 0. The van der Waals surface area contributed by atoms with Crippen LogP contribution < -0.4 is 0 Å². The van der Waals surface area contributed by atoms with Crippen molar-refractivity contribution in [2.45, 2.75) is 33.5 Å². The Balaban J connectivity index is 2.34. The minimum absolute atomic E-state index is 0.287. The van der Waals surface area contributed by atoms with Crippen molar-refractivity contribution in [3.63, 3.8) is 0 Å². The lowest BCUT2D eigenvalue weighted by Gasteiger charge is -2.19. The van der Waals surface area contributed by atoms with Crippen LogP contribution in [0.3, 0.4) is 0 Å². The van der Waals surface area contributed by atoms with E-state index in [1.165, 1.54) is 0 Å².